The topological polar surface area (TPSA) is 45.4 Å². The maximum atomic E-state index is 9.25. The second kappa shape index (κ2) is 6.46. The van der Waals surface area contributed by atoms with Crippen LogP contribution in [0.25, 0.3) is 11.3 Å². The smallest absolute Gasteiger partial charge is 0.135 e. The minimum absolute atomic E-state index is 0.246. The summed E-state index contributed by atoms with van der Waals surface area (Å²) in [6.07, 6.45) is 0. The first-order chi connectivity index (χ1) is 10.6. The standard InChI is InChI=1S/C17H13BrClNO2/c18-11-1-7-15(16(19)9-11)17-8-6-14(22-17)10-20-12-2-4-13(21)5-3-12/h1-9,20-21H,10H2. The van der Waals surface area contributed by atoms with E-state index < -0.39 is 0 Å². The average molecular weight is 379 g/mol. The number of aromatic hydroxyl groups is 1. The summed E-state index contributed by atoms with van der Waals surface area (Å²) in [5, 5.41) is 13.1. The van der Waals surface area contributed by atoms with Crippen LogP contribution < -0.4 is 5.32 Å². The average Bonchev–Trinajstić information content (AvgIpc) is 2.95. The number of furan rings is 1. The molecule has 0 fully saturated rings. The second-order valence-corrected chi connectivity index (χ2v) is 6.11. The Morgan fingerprint density at radius 1 is 1.05 bits per heavy atom. The van der Waals surface area contributed by atoms with Crippen molar-refractivity contribution < 1.29 is 9.52 Å². The zero-order valence-electron chi connectivity index (χ0n) is 11.5. The van der Waals surface area contributed by atoms with Gasteiger partial charge in [0, 0.05) is 15.7 Å². The van der Waals surface area contributed by atoms with Crippen molar-refractivity contribution in [3.63, 3.8) is 0 Å². The van der Waals surface area contributed by atoms with E-state index in [0.29, 0.717) is 11.6 Å². The number of hydrogen-bond acceptors (Lipinski definition) is 3. The Kier molecular flexibility index (Phi) is 4.41. The molecule has 0 aliphatic rings. The van der Waals surface area contributed by atoms with Gasteiger partial charge in [0.05, 0.1) is 11.6 Å². The third-order valence-corrected chi connectivity index (χ3v) is 4.00. The van der Waals surface area contributed by atoms with E-state index >= 15 is 0 Å². The van der Waals surface area contributed by atoms with Crippen molar-refractivity contribution >= 4 is 33.2 Å². The normalized spacial score (nSPS) is 10.6. The number of halogens is 2. The Hall–Kier alpha value is -1.91. The molecule has 0 aliphatic carbocycles. The predicted octanol–water partition coefficient (Wildman–Crippen LogP) is 5.68. The molecule has 0 atom stereocenters. The Balaban J connectivity index is 1.72. The number of phenolic OH excluding ortho intramolecular Hbond substituents is 1. The van der Waals surface area contributed by atoms with Gasteiger partial charge in [0.25, 0.3) is 0 Å². The summed E-state index contributed by atoms with van der Waals surface area (Å²) in [6.45, 7) is 0.554. The van der Waals surface area contributed by atoms with Crippen molar-refractivity contribution in [1.82, 2.24) is 0 Å². The molecule has 2 aromatic carbocycles. The fourth-order valence-electron chi connectivity index (χ4n) is 2.08. The molecule has 1 aromatic heterocycles. The predicted molar refractivity (Wildman–Crippen MR) is 92.3 cm³/mol. The Labute approximate surface area is 141 Å². The van der Waals surface area contributed by atoms with E-state index in [4.69, 9.17) is 16.0 Å². The summed E-state index contributed by atoms with van der Waals surface area (Å²) in [5.41, 5.74) is 1.78. The third-order valence-electron chi connectivity index (χ3n) is 3.19. The van der Waals surface area contributed by atoms with Gasteiger partial charge in [-0.1, -0.05) is 27.5 Å². The molecule has 0 saturated heterocycles. The van der Waals surface area contributed by atoms with Crippen LogP contribution in [0.2, 0.25) is 5.02 Å². The minimum Gasteiger partial charge on any atom is -0.508 e. The molecule has 3 nitrogen and oxygen atoms in total. The number of rotatable bonds is 4. The van der Waals surface area contributed by atoms with Gasteiger partial charge in [0.15, 0.2) is 0 Å². The Bertz CT molecular complexity index is 784. The van der Waals surface area contributed by atoms with E-state index in [2.05, 4.69) is 21.2 Å². The lowest BCUT2D eigenvalue weighted by atomic mass is 10.2. The summed E-state index contributed by atoms with van der Waals surface area (Å²) in [5.74, 6) is 1.79. The van der Waals surface area contributed by atoms with Crippen molar-refractivity contribution in [1.29, 1.82) is 0 Å². The van der Waals surface area contributed by atoms with Crippen molar-refractivity contribution in [2.45, 2.75) is 6.54 Å². The summed E-state index contributed by atoms with van der Waals surface area (Å²) >= 11 is 9.62. The van der Waals surface area contributed by atoms with Gasteiger partial charge in [0.1, 0.15) is 17.3 Å². The first-order valence-electron chi connectivity index (χ1n) is 6.69. The monoisotopic (exact) mass is 377 g/mol. The zero-order chi connectivity index (χ0) is 15.5. The first kappa shape index (κ1) is 15.0. The van der Waals surface area contributed by atoms with Gasteiger partial charge in [0.2, 0.25) is 0 Å². The van der Waals surface area contributed by atoms with Crippen molar-refractivity contribution in [2.24, 2.45) is 0 Å². The molecule has 3 rings (SSSR count). The van der Waals surface area contributed by atoms with Crippen LogP contribution in [0, 0.1) is 0 Å². The Morgan fingerprint density at radius 2 is 1.82 bits per heavy atom. The van der Waals surface area contributed by atoms with E-state index in [1.54, 1.807) is 12.1 Å². The van der Waals surface area contributed by atoms with Crippen LogP contribution in [0.5, 0.6) is 5.75 Å². The molecule has 2 N–H and O–H groups in total. The maximum Gasteiger partial charge on any atom is 0.135 e. The highest BCUT2D eigenvalue weighted by Gasteiger charge is 2.09. The lowest BCUT2D eigenvalue weighted by molar-refractivity contribution is 0.475. The highest BCUT2D eigenvalue weighted by molar-refractivity contribution is 9.10. The zero-order valence-corrected chi connectivity index (χ0v) is 13.9. The SMILES string of the molecule is Oc1ccc(NCc2ccc(-c3ccc(Br)cc3Cl)o2)cc1. The molecular formula is C17H13BrClNO2. The number of phenols is 1. The molecule has 0 amide bonds. The summed E-state index contributed by atoms with van der Waals surface area (Å²) < 4.78 is 6.76. The van der Waals surface area contributed by atoms with E-state index in [9.17, 15) is 5.11 Å². The molecule has 112 valence electrons. The van der Waals surface area contributed by atoms with Gasteiger partial charge in [-0.05, 0) is 54.6 Å². The number of anilines is 1. The molecule has 1 heterocycles. The van der Waals surface area contributed by atoms with Gasteiger partial charge in [-0.3, -0.25) is 0 Å². The molecule has 0 unspecified atom stereocenters. The lowest BCUT2D eigenvalue weighted by Crippen LogP contribution is -1.97. The second-order valence-electron chi connectivity index (χ2n) is 4.79. The van der Waals surface area contributed by atoms with Crippen LogP contribution in [0.1, 0.15) is 5.76 Å². The van der Waals surface area contributed by atoms with E-state index in [1.807, 2.05) is 42.5 Å². The largest absolute Gasteiger partial charge is 0.508 e. The molecule has 0 spiro atoms. The van der Waals surface area contributed by atoms with Crippen LogP contribution in [0.4, 0.5) is 5.69 Å². The van der Waals surface area contributed by atoms with Crippen molar-refractivity contribution in [3.8, 4) is 17.1 Å². The van der Waals surface area contributed by atoms with Gasteiger partial charge in [-0.15, -0.1) is 0 Å². The third kappa shape index (κ3) is 3.46. The number of benzene rings is 2. The molecule has 0 saturated carbocycles. The van der Waals surface area contributed by atoms with Crippen LogP contribution in [0.3, 0.4) is 0 Å². The van der Waals surface area contributed by atoms with Crippen LogP contribution in [-0.4, -0.2) is 5.11 Å². The number of hydrogen-bond donors (Lipinski definition) is 2. The van der Waals surface area contributed by atoms with Crippen LogP contribution in [-0.2, 0) is 6.54 Å². The fraction of sp³-hybridized carbons (Fsp3) is 0.0588. The van der Waals surface area contributed by atoms with E-state index in [-0.39, 0.29) is 5.75 Å². The quantitative estimate of drug-likeness (QED) is 0.574. The highest BCUT2D eigenvalue weighted by Crippen LogP contribution is 2.31. The van der Waals surface area contributed by atoms with Crippen LogP contribution in [0.15, 0.2) is 63.5 Å². The van der Waals surface area contributed by atoms with Gasteiger partial charge >= 0.3 is 0 Å². The molecule has 3 aromatic rings. The number of nitrogens with one attached hydrogen (secondary N) is 1. The first-order valence-corrected chi connectivity index (χ1v) is 7.86. The summed E-state index contributed by atoms with van der Waals surface area (Å²) in [6, 6.07) is 16.4. The summed E-state index contributed by atoms with van der Waals surface area (Å²) in [7, 11) is 0. The molecule has 0 aliphatic heterocycles. The van der Waals surface area contributed by atoms with Crippen molar-refractivity contribution in [2.75, 3.05) is 5.32 Å². The van der Waals surface area contributed by atoms with Gasteiger partial charge < -0.3 is 14.8 Å². The van der Waals surface area contributed by atoms with E-state index in [0.717, 1.165) is 27.2 Å². The van der Waals surface area contributed by atoms with Crippen LogP contribution >= 0.6 is 27.5 Å². The summed E-state index contributed by atoms with van der Waals surface area (Å²) in [4.78, 5) is 0. The highest BCUT2D eigenvalue weighted by atomic mass is 79.9. The minimum atomic E-state index is 0.246. The maximum absolute atomic E-state index is 9.25. The molecule has 22 heavy (non-hydrogen) atoms. The fourth-order valence-corrected chi connectivity index (χ4v) is 2.84. The lowest BCUT2D eigenvalue weighted by Gasteiger charge is -2.05. The van der Waals surface area contributed by atoms with Gasteiger partial charge in [-0.2, -0.15) is 0 Å². The molecular weight excluding hydrogens is 366 g/mol. The van der Waals surface area contributed by atoms with E-state index in [1.165, 1.54) is 0 Å². The molecule has 0 radical (unpaired) electrons. The Morgan fingerprint density at radius 3 is 2.55 bits per heavy atom. The van der Waals surface area contributed by atoms with Gasteiger partial charge in [-0.25, -0.2) is 0 Å². The molecule has 0 bridgehead atoms. The van der Waals surface area contributed by atoms with Crippen molar-refractivity contribution in [3.05, 3.63) is 69.9 Å². The molecule has 5 heteroatoms.